The topological polar surface area (TPSA) is 66.0 Å². The Morgan fingerprint density at radius 1 is 1.57 bits per heavy atom. The Labute approximate surface area is 81.8 Å². The first-order valence-electron chi connectivity index (χ1n) is 4.03. The van der Waals surface area contributed by atoms with Crippen molar-refractivity contribution in [3.63, 3.8) is 0 Å². The molecule has 0 saturated heterocycles. The molecule has 14 heavy (non-hydrogen) atoms. The molecule has 4 nitrogen and oxygen atoms in total. The second-order valence-corrected chi connectivity index (χ2v) is 4.87. The number of aryl methyl sites for hydroxylation is 1. The van der Waals surface area contributed by atoms with Crippen molar-refractivity contribution >= 4 is 26.7 Å². The molecular formula is C9H10N2O2S. The molecule has 0 radical (unpaired) electrons. The van der Waals surface area contributed by atoms with Gasteiger partial charge < -0.3 is 9.54 Å². The molecule has 5 heteroatoms. The smallest absolute Gasteiger partial charge is 0.214 e. The summed E-state index contributed by atoms with van der Waals surface area (Å²) in [4.78, 5) is 6.76. The van der Waals surface area contributed by atoms with Crippen molar-refractivity contribution in [3.05, 3.63) is 23.8 Å². The zero-order valence-electron chi connectivity index (χ0n) is 7.65. The summed E-state index contributed by atoms with van der Waals surface area (Å²) in [6, 6.07) is 5.57. The molecule has 0 bridgehead atoms. The minimum absolute atomic E-state index is 0.0260. The molecule has 0 saturated carbocycles. The summed E-state index contributed by atoms with van der Waals surface area (Å²) in [5.74, 6) is 3.15. The fraction of sp³-hybridized carbons (Fsp3) is 0.111. The van der Waals surface area contributed by atoms with Crippen LogP contribution in [0.3, 0.4) is 0 Å². The summed E-state index contributed by atoms with van der Waals surface area (Å²) in [6.07, 6.45) is 0. The van der Waals surface area contributed by atoms with Gasteiger partial charge in [-0.3, -0.25) is 0 Å². The van der Waals surface area contributed by atoms with E-state index in [-0.39, 0.29) is 5.16 Å². The first-order valence-corrected chi connectivity index (χ1v) is 5.71. The first-order chi connectivity index (χ1) is 6.47. The maximum absolute atomic E-state index is 11.2. The van der Waals surface area contributed by atoms with E-state index in [1.807, 2.05) is 19.1 Å². The van der Waals surface area contributed by atoms with E-state index < -0.39 is 9.80 Å². The van der Waals surface area contributed by atoms with E-state index in [0.29, 0.717) is 5.52 Å². The van der Waals surface area contributed by atoms with Gasteiger partial charge in [0.2, 0.25) is 5.16 Å². The van der Waals surface area contributed by atoms with Crippen molar-refractivity contribution in [2.45, 2.75) is 12.1 Å². The summed E-state index contributed by atoms with van der Waals surface area (Å²) < 4.78 is 20.4. The van der Waals surface area contributed by atoms with Gasteiger partial charge in [-0.15, -0.1) is 0 Å². The van der Waals surface area contributed by atoms with Crippen LogP contribution in [-0.2, 0) is 9.80 Å². The molecule has 1 unspecified atom stereocenters. The van der Waals surface area contributed by atoms with Gasteiger partial charge in [0.25, 0.3) is 0 Å². The van der Waals surface area contributed by atoms with Gasteiger partial charge in [0.15, 0.2) is 0 Å². The second-order valence-electron chi connectivity index (χ2n) is 3.20. The molecule has 2 aromatic rings. The van der Waals surface area contributed by atoms with Crippen LogP contribution in [0.25, 0.3) is 11.0 Å². The third kappa shape index (κ3) is 1.51. The molecule has 0 fully saturated rings. The Balaban J connectivity index is 2.75. The van der Waals surface area contributed by atoms with Crippen LogP contribution < -0.4 is 0 Å². The SMILES string of the molecule is C=S(=O)(O)c1nc2ccc(C)cc2[nH]1. The first kappa shape index (κ1) is 9.23. The third-order valence-corrected chi connectivity index (χ3v) is 2.72. The highest BCUT2D eigenvalue weighted by Gasteiger charge is 2.09. The summed E-state index contributed by atoms with van der Waals surface area (Å²) >= 11 is 0. The zero-order valence-corrected chi connectivity index (χ0v) is 8.47. The number of hydrogen-bond donors (Lipinski definition) is 2. The van der Waals surface area contributed by atoms with Crippen LogP contribution in [0.1, 0.15) is 5.56 Å². The molecule has 74 valence electrons. The normalized spacial score (nSPS) is 15.6. The number of benzene rings is 1. The van der Waals surface area contributed by atoms with Crippen molar-refractivity contribution in [2.24, 2.45) is 0 Å². The van der Waals surface area contributed by atoms with Crippen molar-refractivity contribution < 1.29 is 8.76 Å². The van der Waals surface area contributed by atoms with E-state index >= 15 is 0 Å². The van der Waals surface area contributed by atoms with Crippen LogP contribution in [0.5, 0.6) is 0 Å². The lowest BCUT2D eigenvalue weighted by atomic mass is 10.2. The molecule has 2 N–H and O–H groups in total. The molecule has 0 amide bonds. The highest BCUT2D eigenvalue weighted by atomic mass is 32.2. The molecule has 1 atom stereocenters. The highest BCUT2D eigenvalue weighted by Crippen LogP contribution is 2.15. The van der Waals surface area contributed by atoms with Crippen LogP contribution in [0.4, 0.5) is 0 Å². The summed E-state index contributed by atoms with van der Waals surface area (Å²) in [7, 11) is -3.24. The summed E-state index contributed by atoms with van der Waals surface area (Å²) in [5, 5.41) is 0.0260. The van der Waals surface area contributed by atoms with Gasteiger partial charge in [-0.25, -0.2) is 9.19 Å². The minimum atomic E-state index is -3.24. The van der Waals surface area contributed by atoms with Gasteiger partial charge in [0, 0.05) is 0 Å². The van der Waals surface area contributed by atoms with Crippen LogP contribution in [0.2, 0.25) is 0 Å². The van der Waals surface area contributed by atoms with Gasteiger partial charge in [0.05, 0.1) is 11.0 Å². The van der Waals surface area contributed by atoms with Crippen molar-refractivity contribution in [3.8, 4) is 0 Å². The fourth-order valence-electron chi connectivity index (χ4n) is 1.25. The predicted octanol–water partition coefficient (Wildman–Crippen LogP) is 1.42. The summed E-state index contributed by atoms with van der Waals surface area (Å²) in [6.45, 7) is 1.94. The Bertz CT molecular complexity index is 584. The lowest BCUT2D eigenvalue weighted by Crippen LogP contribution is -1.99. The number of nitrogens with zero attached hydrogens (tertiary/aromatic N) is 1. The second kappa shape index (κ2) is 2.83. The van der Waals surface area contributed by atoms with Gasteiger partial charge in [0.1, 0.15) is 9.80 Å². The lowest BCUT2D eigenvalue weighted by Gasteiger charge is -1.92. The number of nitrogens with one attached hydrogen (secondary N) is 1. The number of H-pyrrole nitrogens is 1. The van der Waals surface area contributed by atoms with Crippen LogP contribution in [0, 0.1) is 6.92 Å². The molecule has 0 aliphatic carbocycles. The Morgan fingerprint density at radius 3 is 2.93 bits per heavy atom. The van der Waals surface area contributed by atoms with E-state index in [0.717, 1.165) is 11.1 Å². The van der Waals surface area contributed by atoms with Crippen molar-refractivity contribution in [1.82, 2.24) is 9.97 Å². The maximum atomic E-state index is 11.2. The highest BCUT2D eigenvalue weighted by molar-refractivity contribution is 7.94. The van der Waals surface area contributed by atoms with Gasteiger partial charge in [-0.2, -0.15) is 0 Å². The Hall–Kier alpha value is -1.33. The summed E-state index contributed by atoms with van der Waals surface area (Å²) in [5.41, 5.74) is 2.50. The Kier molecular flexibility index (Phi) is 1.87. The standard InChI is InChI=1S/C9H10N2O2S/c1-6-3-4-7-8(5-6)11-9(10-7)14(2,12)13/h3-5H,2H2,1H3,(H,10,11)(H,12,13). The number of hydrogen-bond acceptors (Lipinski definition) is 2. The average Bonchev–Trinajstić information content (AvgIpc) is 2.45. The van der Waals surface area contributed by atoms with Gasteiger partial charge in [-0.05, 0) is 30.5 Å². The lowest BCUT2D eigenvalue weighted by molar-refractivity contribution is 0.553. The fourth-order valence-corrected chi connectivity index (χ4v) is 1.76. The molecule has 2 rings (SSSR count). The molecule has 0 aliphatic rings. The van der Waals surface area contributed by atoms with Crippen LogP contribution in [-0.4, -0.2) is 24.6 Å². The van der Waals surface area contributed by atoms with Crippen LogP contribution in [0.15, 0.2) is 23.4 Å². The van der Waals surface area contributed by atoms with E-state index in [4.69, 9.17) is 0 Å². The van der Waals surface area contributed by atoms with Gasteiger partial charge in [-0.1, -0.05) is 6.07 Å². The Morgan fingerprint density at radius 2 is 2.29 bits per heavy atom. The molecule has 1 aromatic heterocycles. The average molecular weight is 210 g/mol. The number of aromatic amines is 1. The molecule has 0 spiro atoms. The molecule has 1 heterocycles. The number of aromatic nitrogens is 2. The maximum Gasteiger partial charge on any atom is 0.214 e. The van der Waals surface area contributed by atoms with E-state index in [1.165, 1.54) is 0 Å². The van der Waals surface area contributed by atoms with E-state index in [9.17, 15) is 8.76 Å². The molecular weight excluding hydrogens is 200 g/mol. The minimum Gasteiger partial charge on any atom is -0.329 e. The number of imidazole rings is 1. The predicted molar refractivity (Wildman–Crippen MR) is 57.0 cm³/mol. The quantitative estimate of drug-likeness (QED) is 0.699. The van der Waals surface area contributed by atoms with E-state index in [2.05, 4.69) is 15.8 Å². The van der Waals surface area contributed by atoms with Gasteiger partial charge >= 0.3 is 0 Å². The van der Waals surface area contributed by atoms with Crippen LogP contribution >= 0.6 is 0 Å². The largest absolute Gasteiger partial charge is 0.329 e. The van der Waals surface area contributed by atoms with Crippen molar-refractivity contribution in [2.75, 3.05) is 0 Å². The number of rotatable bonds is 1. The third-order valence-electron chi connectivity index (χ3n) is 1.92. The van der Waals surface area contributed by atoms with E-state index in [1.54, 1.807) is 6.07 Å². The van der Waals surface area contributed by atoms with Crippen molar-refractivity contribution in [1.29, 1.82) is 0 Å². The molecule has 0 aliphatic heterocycles. The zero-order chi connectivity index (χ0) is 10.3. The number of fused-ring (bicyclic) bond motifs is 1. The molecule has 1 aromatic carbocycles. The monoisotopic (exact) mass is 210 g/mol.